The highest BCUT2D eigenvalue weighted by Gasteiger charge is 2.40. The first-order chi connectivity index (χ1) is 11.5. The van der Waals surface area contributed by atoms with Crippen molar-refractivity contribution in [1.82, 2.24) is 10.3 Å². The molecule has 1 aliphatic carbocycles. The molecule has 1 aromatic heterocycles. The van der Waals surface area contributed by atoms with Gasteiger partial charge in [-0.15, -0.1) is 11.3 Å². The first kappa shape index (κ1) is 16.6. The molecule has 1 heterocycles. The van der Waals surface area contributed by atoms with Crippen LogP contribution in [-0.4, -0.2) is 27.5 Å². The van der Waals surface area contributed by atoms with E-state index in [1.54, 1.807) is 0 Å². The molecular weight excluding hydrogens is 324 g/mol. The number of carboxylic acids is 1. The van der Waals surface area contributed by atoms with Crippen LogP contribution in [0, 0.1) is 6.92 Å². The van der Waals surface area contributed by atoms with Crippen molar-refractivity contribution >= 4 is 23.2 Å². The van der Waals surface area contributed by atoms with Gasteiger partial charge in [0.15, 0.2) is 0 Å². The maximum atomic E-state index is 12.3. The number of hydrogen-bond acceptors (Lipinski definition) is 4. The zero-order valence-electron chi connectivity index (χ0n) is 13.5. The smallest absolute Gasteiger partial charge is 0.305 e. The average Bonchev–Trinajstić information content (AvgIpc) is 2.93. The number of amides is 1. The summed E-state index contributed by atoms with van der Waals surface area (Å²) in [7, 11) is 0. The number of aliphatic carboxylic acids is 1. The monoisotopic (exact) mass is 344 g/mol. The van der Waals surface area contributed by atoms with Gasteiger partial charge in [-0.1, -0.05) is 29.8 Å². The van der Waals surface area contributed by atoms with E-state index in [0.717, 1.165) is 35.5 Å². The van der Waals surface area contributed by atoms with Crippen LogP contribution in [0.2, 0.25) is 0 Å². The van der Waals surface area contributed by atoms with Gasteiger partial charge in [0.25, 0.3) is 0 Å². The van der Waals surface area contributed by atoms with Gasteiger partial charge in [-0.05, 0) is 26.2 Å². The van der Waals surface area contributed by atoms with Crippen molar-refractivity contribution in [2.24, 2.45) is 0 Å². The fraction of sp³-hybridized carbons (Fsp3) is 0.389. The van der Waals surface area contributed by atoms with Crippen LogP contribution in [0.4, 0.5) is 0 Å². The number of hydrogen-bond donors (Lipinski definition) is 2. The molecular formula is C18H20N2O3S. The number of carboxylic acid groups (broad SMARTS) is 1. The number of nitrogens with zero attached hydrogens (tertiary/aromatic N) is 1. The molecule has 6 heteroatoms. The summed E-state index contributed by atoms with van der Waals surface area (Å²) in [5.74, 6) is -1.03. The predicted molar refractivity (Wildman–Crippen MR) is 93.0 cm³/mol. The standard InChI is InChI=1S/C18H20N2O3S/c1-12-3-5-13(6-4-12)17-19-14(11-24-17)9-15(21)20-18(7-2-8-18)10-16(22)23/h3-6,11H,2,7-10H2,1H3,(H,20,21)(H,22,23). The van der Waals surface area contributed by atoms with E-state index in [9.17, 15) is 9.59 Å². The van der Waals surface area contributed by atoms with Crippen molar-refractivity contribution in [2.45, 2.75) is 44.6 Å². The van der Waals surface area contributed by atoms with Crippen LogP contribution in [0.3, 0.4) is 0 Å². The highest BCUT2D eigenvalue weighted by atomic mass is 32.1. The Morgan fingerprint density at radius 2 is 2.00 bits per heavy atom. The second-order valence-electron chi connectivity index (χ2n) is 6.44. The maximum absolute atomic E-state index is 12.3. The predicted octanol–water partition coefficient (Wildman–Crippen LogP) is 3.17. The first-order valence-corrected chi connectivity index (χ1v) is 8.88. The summed E-state index contributed by atoms with van der Waals surface area (Å²) in [6.45, 7) is 2.04. The van der Waals surface area contributed by atoms with Gasteiger partial charge in [0.2, 0.25) is 5.91 Å². The van der Waals surface area contributed by atoms with Gasteiger partial charge in [0.1, 0.15) is 5.01 Å². The number of benzene rings is 1. The lowest BCUT2D eigenvalue weighted by Crippen LogP contribution is -2.55. The van der Waals surface area contributed by atoms with Crippen molar-refractivity contribution in [3.05, 3.63) is 40.9 Å². The molecule has 2 N–H and O–H groups in total. The summed E-state index contributed by atoms with van der Waals surface area (Å²) in [6.07, 6.45) is 2.60. The molecule has 0 spiro atoms. The largest absolute Gasteiger partial charge is 0.481 e. The minimum atomic E-state index is -0.870. The topological polar surface area (TPSA) is 79.3 Å². The Kier molecular flexibility index (Phi) is 4.66. The van der Waals surface area contributed by atoms with Crippen LogP contribution in [0.1, 0.15) is 36.9 Å². The van der Waals surface area contributed by atoms with E-state index in [-0.39, 0.29) is 18.7 Å². The van der Waals surface area contributed by atoms with E-state index in [0.29, 0.717) is 0 Å². The fourth-order valence-electron chi connectivity index (χ4n) is 2.96. The molecule has 1 fully saturated rings. The lowest BCUT2D eigenvalue weighted by molar-refractivity contribution is -0.140. The molecule has 0 saturated heterocycles. The Morgan fingerprint density at radius 1 is 1.29 bits per heavy atom. The van der Waals surface area contributed by atoms with Crippen molar-refractivity contribution in [1.29, 1.82) is 0 Å². The summed E-state index contributed by atoms with van der Waals surface area (Å²) in [5, 5.41) is 14.7. The molecule has 0 bridgehead atoms. The quantitative estimate of drug-likeness (QED) is 0.843. The number of carbonyl (C=O) groups is 2. The van der Waals surface area contributed by atoms with Crippen LogP contribution < -0.4 is 5.32 Å². The normalized spacial score (nSPS) is 15.5. The van der Waals surface area contributed by atoms with Gasteiger partial charge in [-0.3, -0.25) is 9.59 Å². The Morgan fingerprint density at radius 3 is 2.58 bits per heavy atom. The van der Waals surface area contributed by atoms with E-state index in [1.165, 1.54) is 16.9 Å². The fourth-order valence-corrected chi connectivity index (χ4v) is 3.79. The van der Waals surface area contributed by atoms with Crippen molar-refractivity contribution in [3.63, 3.8) is 0 Å². The van der Waals surface area contributed by atoms with Gasteiger partial charge in [0.05, 0.1) is 24.1 Å². The Balaban J connectivity index is 1.63. The van der Waals surface area contributed by atoms with Crippen molar-refractivity contribution in [3.8, 4) is 10.6 Å². The summed E-state index contributed by atoms with van der Waals surface area (Å²) in [5.41, 5.74) is 2.40. The minimum absolute atomic E-state index is 0.00950. The molecule has 1 amide bonds. The molecule has 0 unspecified atom stereocenters. The molecule has 2 aromatic rings. The van der Waals surface area contributed by atoms with Crippen LogP contribution >= 0.6 is 11.3 Å². The summed E-state index contributed by atoms with van der Waals surface area (Å²) >= 11 is 1.51. The number of carbonyl (C=O) groups excluding carboxylic acids is 1. The SMILES string of the molecule is Cc1ccc(-c2nc(CC(=O)NC3(CC(=O)O)CCC3)cs2)cc1. The minimum Gasteiger partial charge on any atom is -0.481 e. The third-order valence-corrected chi connectivity index (χ3v) is 5.34. The number of thiazole rings is 1. The van der Waals surface area contributed by atoms with Gasteiger partial charge in [0, 0.05) is 10.9 Å². The zero-order valence-corrected chi connectivity index (χ0v) is 14.4. The van der Waals surface area contributed by atoms with E-state index in [4.69, 9.17) is 5.11 Å². The third-order valence-electron chi connectivity index (χ3n) is 4.40. The molecule has 0 atom stereocenters. The third kappa shape index (κ3) is 3.82. The molecule has 1 aliphatic rings. The first-order valence-electron chi connectivity index (χ1n) is 8.00. The molecule has 0 aliphatic heterocycles. The van der Waals surface area contributed by atoms with Gasteiger partial charge in [-0.2, -0.15) is 0 Å². The van der Waals surface area contributed by atoms with Crippen LogP contribution in [0.25, 0.3) is 10.6 Å². The van der Waals surface area contributed by atoms with Gasteiger partial charge < -0.3 is 10.4 Å². The van der Waals surface area contributed by atoms with Gasteiger partial charge in [-0.25, -0.2) is 4.98 Å². The van der Waals surface area contributed by atoms with Crippen molar-refractivity contribution in [2.75, 3.05) is 0 Å². The number of aromatic nitrogens is 1. The Labute approximate surface area is 144 Å². The zero-order chi connectivity index (χ0) is 17.2. The second kappa shape index (κ2) is 6.73. The summed E-state index contributed by atoms with van der Waals surface area (Å²) in [6, 6.07) is 8.12. The van der Waals surface area contributed by atoms with E-state index >= 15 is 0 Å². The van der Waals surface area contributed by atoms with Crippen LogP contribution in [-0.2, 0) is 16.0 Å². The molecule has 5 nitrogen and oxygen atoms in total. The Bertz CT molecular complexity index is 748. The number of aryl methyl sites for hydroxylation is 1. The molecule has 3 rings (SSSR count). The molecule has 1 saturated carbocycles. The maximum Gasteiger partial charge on any atom is 0.305 e. The number of nitrogens with one attached hydrogen (secondary N) is 1. The Hall–Kier alpha value is -2.21. The van der Waals surface area contributed by atoms with E-state index in [1.807, 2.05) is 36.6 Å². The molecule has 24 heavy (non-hydrogen) atoms. The van der Waals surface area contributed by atoms with Crippen LogP contribution in [0.5, 0.6) is 0 Å². The van der Waals surface area contributed by atoms with E-state index < -0.39 is 11.5 Å². The second-order valence-corrected chi connectivity index (χ2v) is 7.30. The lowest BCUT2D eigenvalue weighted by atomic mass is 9.74. The van der Waals surface area contributed by atoms with E-state index in [2.05, 4.69) is 10.3 Å². The van der Waals surface area contributed by atoms with Gasteiger partial charge >= 0.3 is 5.97 Å². The summed E-state index contributed by atoms with van der Waals surface area (Å²) in [4.78, 5) is 27.7. The molecule has 0 radical (unpaired) electrons. The lowest BCUT2D eigenvalue weighted by Gasteiger charge is -2.41. The summed E-state index contributed by atoms with van der Waals surface area (Å²) < 4.78 is 0. The number of rotatable bonds is 6. The molecule has 126 valence electrons. The molecule has 1 aromatic carbocycles. The highest BCUT2D eigenvalue weighted by molar-refractivity contribution is 7.13. The van der Waals surface area contributed by atoms with Crippen molar-refractivity contribution < 1.29 is 14.7 Å². The average molecular weight is 344 g/mol. The highest BCUT2D eigenvalue weighted by Crippen LogP contribution is 2.35. The van der Waals surface area contributed by atoms with Crippen LogP contribution in [0.15, 0.2) is 29.6 Å².